The van der Waals surface area contributed by atoms with Gasteiger partial charge in [-0.25, -0.2) is 0 Å². The van der Waals surface area contributed by atoms with Crippen LogP contribution < -0.4 is 0 Å². The molecular formula is C22H27NO4. The molecule has 1 atom stereocenters. The maximum atomic E-state index is 12.6. The number of hydrogen-bond acceptors (Lipinski definition) is 3. The number of fused-ring (bicyclic) bond motifs is 1. The van der Waals surface area contributed by atoms with E-state index in [1.165, 1.54) is 23.4 Å². The summed E-state index contributed by atoms with van der Waals surface area (Å²) in [5, 5.41) is 12.0. The third kappa shape index (κ3) is 4.48. The van der Waals surface area contributed by atoms with Gasteiger partial charge in [-0.2, -0.15) is 0 Å². The van der Waals surface area contributed by atoms with Crippen molar-refractivity contribution in [2.24, 2.45) is 5.41 Å². The number of carbonyl (C=O) groups excluding carboxylic acids is 1. The van der Waals surface area contributed by atoms with Crippen molar-refractivity contribution in [3.63, 3.8) is 0 Å². The smallest absolute Gasteiger partial charge is 0.313 e. The van der Waals surface area contributed by atoms with Gasteiger partial charge in [0, 0.05) is 26.6 Å². The van der Waals surface area contributed by atoms with Crippen LogP contribution in [-0.2, 0) is 20.7 Å². The zero-order valence-corrected chi connectivity index (χ0v) is 15.8. The fourth-order valence-corrected chi connectivity index (χ4v) is 3.97. The lowest BCUT2D eigenvalue weighted by Gasteiger charge is -2.39. The second-order valence-electron chi connectivity index (χ2n) is 7.47. The maximum absolute atomic E-state index is 12.6. The van der Waals surface area contributed by atoms with Crippen LogP contribution in [0, 0.1) is 5.41 Å². The Labute approximate surface area is 159 Å². The Hall–Kier alpha value is -2.40. The summed E-state index contributed by atoms with van der Waals surface area (Å²) in [6, 6.07) is 14.6. The molecule has 1 amide bonds. The van der Waals surface area contributed by atoms with E-state index in [1.807, 2.05) is 12.1 Å². The number of rotatable bonds is 7. The highest BCUT2D eigenvalue weighted by molar-refractivity contribution is 5.83. The van der Waals surface area contributed by atoms with Crippen molar-refractivity contribution >= 4 is 22.6 Å². The van der Waals surface area contributed by atoms with Crippen LogP contribution in [0.4, 0.5) is 0 Å². The first kappa shape index (κ1) is 19.4. The van der Waals surface area contributed by atoms with E-state index in [9.17, 15) is 14.7 Å². The molecule has 0 saturated carbocycles. The molecule has 0 bridgehead atoms. The van der Waals surface area contributed by atoms with Crippen LogP contribution in [0.3, 0.4) is 0 Å². The Kier molecular flexibility index (Phi) is 6.11. The number of aryl methyl sites for hydroxylation is 1. The van der Waals surface area contributed by atoms with Gasteiger partial charge in [-0.15, -0.1) is 0 Å². The van der Waals surface area contributed by atoms with Gasteiger partial charge in [0.1, 0.15) is 5.41 Å². The van der Waals surface area contributed by atoms with Crippen LogP contribution >= 0.6 is 0 Å². The third-order valence-electron chi connectivity index (χ3n) is 5.47. The van der Waals surface area contributed by atoms with E-state index < -0.39 is 11.4 Å². The molecule has 0 spiro atoms. The van der Waals surface area contributed by atoms with Gasteiger partial charge in [0.05, 0.1) is 6.61 Å². The van der Waals surface area contributed by atoms with E-state index in [-0.39, 0.29) is 19.1 Å². The highest BCUT2D eigenvalue weighted by Crippen LogP contribution is 2.31. The van der Waals surface area contributed by atoms with Crippen LogP contribution in [0.2, 0.25) is 0 Å². The van der Waals surface area contributed by atoms with Crippen LogP contribution in [0.1, 0.15) is 31.2 Å². The zero-order valence-electron chi connectivity index (χ0n) is 15.8. The largest absolute Gasteiger partial charge is 0.481 e. The number of amides is 1. The lowest BCUT2D eigenvalue weighted by molar-refractivity contribution is -0.159. The minimum atomic E-state index is -0.971. The third-order valence-corrected chi connectivity index (χ3v) is 5.47. The van der Waals surface area contributed by atoms with Crippen molar-refractivity contribution in [3.05, 3.63) is 48.0 Å². The number of ether oxygens (including phenoxy) is 1. The molecule has 0 radical (unpaired) electrons. The summed E-state index contributed by atoms with van der Waals surface area (Å²) in [7, 11) is 1.51. The molecule has 144 valence electrons. The summed E-state index contributed by atoms with van der Waals surface area (Å²) in [4.78, 5) is 26.0. The first-order valence-electron chi connectivity index (χ1n) is 9.52. The van der Waals surface area contributed by atoms with Crippen molar-refractivity contribution in [1.29, 1.82) is 0 Å². The molecule has 3 rings (SSSR count). The van der Waals surface area contributed by atoms with Crippen molar-refractivity contribution < 1.29 is 19.4 Å². The Bertz CT molecular complexity index is 815. The highest BCUT2D eigenvalue weighted by atomic mass is 16.5. The second-order valence-corrected chi connectivity index (χ2v) is 7.47. The van der Waals surface area contributed by atoms with Crippen molar-refractivity contribution in [2.75, 3.05) is 26.8 Å². The summed E-state index contributed by atoms with van der Waals surface area (Å²) in [5.74, 6) is -0.838. The molecule has 5 heteroatoms. The van der Waals surface area contributed by atoms with Crippen LogP contribution in [0.15, 0.2) is 42.5 Å². The average Bonchev–Trinajstić information content (AvgIpc) is 2.68. The summed E-state index contributed by atoms with van der Waals surface area (Å²) >= 11 is 0. The van der Waals surface area contributed by atoms with Gasteiger partial charge in [-0.1, -0.05) is 42.5 Å². The van der Waals surface area contributed by atoms with Gasteiger partial charge in [0.2, 0.25) is 5.91 Å². The number of carbonyl (C=O) groups is 2. The Morgan fingerprint density at radius 2 is 1.96 bits per heavy atom. The fourth-order valence-electron chi connectivity index (χ4n) is 3.97. The summed E-state index contributed by atoms with van der Waals surface area (Å²) in [6.45, 7) is 1.02. The van der Waals surface area contributed by atoms with Crippen molar-refractivity contribution in [1.82, 2.24) is 4.90 Å². The van der Waals surface area contributed by atoms with Crippen LogP contribution in [0.5, 0.6) is 0 Å². The molecular weight excluding hydrogens is 342 g/mol. The van der Waals surface area contributed by atoms with E-state index in [4.69, 9.17) is 4.74 Å². The Morgan fingerprint density at radius 3 is 2.70 bits per heavy atom. The van der Waals surface area contributed by atoms with Gasteiger partial charge in [-0.05, 0) is 42.0 Å². The molecule has 0 aromatic heterocycles. The first-order valence-corrected chi connectivity index (χ1v) is 9.52. The number of hydrogen-bond donors (Lipinski definition) is 1. The molecule has 5 nitrogen and oxygen atoms in total. The van der Waals surface area contributed by atoms with Gasteiger partial charge in [0.15, 0.2) is 0 Å². The predicted molar refractivity (Wildman–Crippen MR) is 105 cm³/mol. The second kappa shape index (κ2) is 8.53. The van der Waals surface area contributed by atoms with Gasteiger partial charge in [-0.3, -0.25) is 9.59 Å². The number of benzene rings is 2. The lowest BCUT2D eigenvalue weighted by atomic mass is 9.80. The van der Waals surface area contributed by atoms with E-state index in [0.29, 0.717) is 25.8 Å². The molecule has 2 aromatic rings. The monoisotopic (exact) mass is 369 g/mol. The van der Waals surface area contributed by atoms with Gasteiger partial charge in [0.25, 0.3) is 0 Å². The first-order chi connectivity index (χ1) is 13.0. The zero-order chi connectivity index (χ0) is 19.3. The summed E-state index contributed by atoms with van der Waals surface area (Å²) < 4.78 is 5.13. The van der Waals surface area contributed by atoms with Crippen LogP contribution in [-0.4, -0.2) is 48.7 Å². The molecule has 0 aliphatic carbocycles. The van der Waals surface area contributed by atoms with Crippen molar-refractivity contribution in [2.45, 2.75) is 32.1 Å². The van der Waals surface area contributed by atoms with Crippen LogP contribution in [0.25, 0.3) is 10.8 Å². The highest BCUT2D eigenvalue weighted by Gasteiger charge is 2.43. The Morgan fingerprint density at radius 1 is 1.19 bits per heavy atom. The number of likely N-dealkylation sites (tertiary alicyclic amines) is 1. The molecule has 1 N–H and O–H groups in total. The Balaban J connectivity index is 1.55. The number of methoxy groups -OCH3 is 1. The SMILES string of the molecule is COCC1(C(=O)O)CCCN(C(=O)CCCc2ccc3ccccc3c2)C1. The van der Waals surface area contributed by atoms with E-state index in [1.54, 1.807) is 4.90 Å². The summed E-state index contributed by atoms with van der Waals surface area (Å²) in [5.41, 5.74) is 0.250. The number of piperidine rings is 1. The van der Waals surface area contributed by atoms with E-state index in [2.05, 4.69) is 30.3 Å². The minimum absolute atomic E-state index is 0.0391. The number of aliphatic carboxylic acids is 1. The molecule has 1 saturated heterocycles. The fraction of sp³-hybridized carbons (Fsp3) is 0.455. The maximum Gasteiger partial charge on any atom is 0.313 e. The molecule has 1 aliphatic heterocycles. The minimum Gasteiger partial charge on any atom is -0.481 e. The molecule has 1 aliphatic rings. The topological polar surface area (TPSA) is 66.8 Å². The lowest BCUT2D eigenvalue weighted by Crippen LogP contribution is -2.52. The summed E-state index contributed by atoms with van der Waals surface area (Å²) in [6.07, 6.45) is 3.29. The van der Waals surface area contributed by atoms with Crippen molar-refractivity contribution in [3.8, 4) is 0 Å². The van der Waals surface area contributed by atoms with E-state index >= 15 is 0 Å². The standard InChI is InChI=1S/C22H27NO4/c1-27-16-22(21(25)26)12-5-13-23(15-22)20(24)9-4-6-17-10-11-18-7-2-3-8-19(18)14-17/h2-3,7-8,10-11,14H,4-6,9,12-13,15-16H2,1H3,(H,25,26). The predicted octanol–water partition coefficient (Wildman–Crippen LogP) is 3.50. The quantitative estimate of drug-likeness (QED) is 0.811. The normalized spacial score (nSPS) is 20.0. The molecule has 1 unspecified atom stereocenters. The number of nitrogens with zero attached hydrogens (tertiary/aromatic N) is 1. The van der Waals surface area contributed by atoms with Gasteiger partial charge < -0.3 is 14.7 Å². The average molecular weight is 369 g/mol. The molecule has 1 heterocycles. The molecule has 27 heavy (non-hydrogen) atoms. The van der Waals surface area contributed by atoms with Gasteiger partial charge >= 0.3 is 5.97 Å². The van der Waals surface area contributed by atoms with E-state index in [0.717, 1.165) is 12.8 Å². The number of carboxylic acids is 1. The molecule has 1 fully saturated rings. The molecule has 2 aromatic carbocycles. The number of carboxylic acid groups (broad SMARTS) is 1.